The molecule has 2 aromatic rings. The molecule has 0 spiro atoms. The minimum absolute atomic E-state index is 0.729. The van der Waals surface area contributed by atoms with Crippen LogP contribution in [0.5, 0.6) is 0 Å². The Balaban J connectivity index is 2.10. The van der Waals surface area contributed by atoms with Crippen LogP contribution in [0, 0.1) is 5.92 Å². The van der Waals surface area contributed by atoms with Gasteiger partial charge in [0, 0.05) is 0 Å². The molecule has 0 aromatic heterocycles. The molecule has 0 amide bonds. The maximum Gasteiger partial charge on any atom is -0.00134 e. The van der Waals surface area contributed by atoms with Gasteiger partial charge in [-0.2, -0.15) is 0 Å². The summed E-state index contributed by atoms with van der Waals surface area (Å²) in [5, 5.41) is 0. The van der Waals surface area contributed by atoms with E-state index in [2.05, 4.69) is 57.2 Å². The number of benzene rings is 2. The van der Waals surface area contributed by atoms with Crippen LogP contribution in [-0.4, -0.2) is 0 Å². The molecule has 0 N–H and O–H groups in total. The smallest absolute Gasteiger partial charge is 0.00134 e. The van der Waals surface area contributed by atoms with Gasteiger partial charge >= 0.3 is 0 Å². The van der Waals surface area contributed by atoms with Gasteiger partial charge in [0.05, 0.1) is 0 Å². The van der Waals surface area contributed by atoms with Crippen molar-refractivity contribution >= 4 is 0 Å². The molecule has 3 rings (SSSR count). The van der Waals surface area contributed by atoms with Crippen LogP contribution in [0.15, 0.2) is 36.4 Å². The minimum atomic E-state index is 0.729. The molecule has 2 aromatic carbocycles. The van der Waals surface area contributed by atoms with Crippen LogP contribution >= 0.6 is 0 Å². The first-order chi connectivity index (χ1) is 9.19. The van der Waals surface area contributed by atoms with E-state index in [1.165, 1.54) is 34.2 Å². The van der Waals surface area contributed by atoms with Crippen LogP contribution in [0.4, 0.5) is 0 Å². The fourth-order valence-electron chi connectivity index (χ4n) is 3.24. The van der Waals surface area contributed by atoms with E-state index in [9.17, 15) is 0 Å². The molecular weight excluding hydrogens is 228 g/mol. The van der Waals surface area contributed by atoms with Crippen molar-refractivity contribution in [2.24, 2.45) is 5.92 Å². The third kappa shape index (κ3) is 2.20. The molecule has 19 heavy (non-hydrogen) atoms. The first-order valence-corrected chi connectivity index (χ1v) is 7.42. The summed E-state index contributed by atoms with van der Waals surface area (Å²) in [4.78, 5) is 0. The predicted molar refractivity (Wildman–Crippen MR) is 82.6 cm³/mol. The Morgan fingerprint density at radius 2 is 1.74 bits per heavy atom. The molecule has 0 nitrogen and oxygen atoms in total. The van der Waals surface area contributed by atoms with Gasteiger partial charge in [-0.05, 0) is 58.6 Å². The maximum atomic E-state index is 2.47. The predicted octanol–water partition coefficient (Wildman–Crippen LogP) is 5.02. The summed E-state index contributed by atoms with van der Waals surface area (Å²) in [5.74, 6) is 0.729. The topological polar surface area (TPSA) is 0 Å². The van der Waals surface area contributed by atoms with Crippen molar-refractivity contribution in [3.8, 4) is 11.1 Å². The Labute approximate surface area is 116 Å². The number of hydrogen-bond acceptors (Lipinski definition) is 0. The lowest BCUT2D eigenvalue weighted by atomic mass is 9.92. The summed E-state index contributed by atoms with van der Waals surface area (Å²) in [6.45, 7) is 6.88. The molecule has 0 aliphatic heterocycles. The lowest BCUT2D eigenvalue weighted by Gasteiger charge is -2.13. The number of aryl methyl sites for hydroxylation is 1. The summed E-state index contributed by atoms with van der Waals surface area (Å²) in [5.41, 5.74) is 9.02. The van der Waals surface area contributed by atoms with Gasteiger partial charge in [0.2, 0.25) is 0 Å². The first-order valence-electron chi connectivity index (χ1n) is 7.42. The molecule has 1 aliphatic rings. The van der Waals surface area contributed by atoms with Gasteiger partial charge in [0.15, 0.2) is 0 Å². The van der Waals surface area contributed by atoms with Crippen LogP contribution in [0.2, 0.25) is 0 Å². The second-order valence-corrected chi connectivity index (χ2v) is 6.06. The van der Waals surface area contributed by atoms with Gasteiger partial charge in [-0.15, -0.1) is 0 Å². The van der Waals surface area contributed by atoms with Gasteiger partial charge in [0.1, 0.15) is 0 Å². The van der Waals surface area contributed by atoms with Crippen molar-refractivity contribution in [1.82, 2.24) is 0 Å². The number of hydrogen-bond donors (Lipinski definition) is 0. The van der Waals surface area contributed by atoms with Crippen molar-refractivity contribution in [2.75, 3.05) is 0 Å². The minimum Gasteiger partial charge on any atom is -0.0625 e. The Kier molecular flexibility index (Phi) is 3.18. The van der Waals surface area contributed by atoms with E-state index in [1.807, 2.05) is 0 Å². The summed E-state index contributed by atoms with van der Waals surface area (Å²) in [6, 6.07) is 13.8. The van der Waals surface area contributed by atoms with E-state index in [1.54, 1.807) is 5.56 Å². The molecule has 98 valence electrons. The van der Waals surface area contributed by atoms with Crippen molar-refractivity contribution in [3.05, 3.63) is 58.7 Å². The van der Waals surface area contributed by atoms with Gasteiger partial charge < -0.3 is 0 Å². The summed E-state index contributed by atoms with van der Waals surface area (Å²) < 4.78 is 0. The Morgan fingerprint density at radius 1 is 0.947 bits per heavy atom. The van der Waals surface area contributed by atoms with Crippen LogP contribution in [0.25, 0.3) is 11.1 Å². The van der Waals surface area contributed by atoms with Gasteiger partial charge in [-0.1, -0.05) is 57.2 Å². The fourth-order valence-corrected chi connectivity index (χ4v) is 3.24. The lowest BCUT2D eigenvalue weighted by molar-refractivity contribution is 0.643. The zero-order valence-electron chi connectivity index (χ0n) is 12.2. The quantitative estimate of drug-likeness (QED) is 0.612. The average molecular weight is 250 g/mol. The summed E-state index contributed by atoms with van der Waals surface area (Å²) in [7, 11) is 0. The highest BCUT2D eigenvalue weighted by Crippen LogP contribution is 2.38. The van der Waals surface area contributed by atoms with Gasteiger partial charge in [-0.3, -0.25) is 0 Å². The first kappa shape index (κ1) is 12.5. The highest BCUT2D eigenvalue weighted by atomic mass is 14.2. The fraction of sp³-hybridized carbons (Fsp3) is 0.368. The van der Waals surface area contributed by atoms with E-state index in [0.717, 1.165) is 18.8 Å². The summed E-state index contributed by atoms with van der Waals surface area (Å²) >= 11 is 0. The molecule has 0 atom stereocenters. The average Bonchev–Trinajstić information content (AvgIpc) is 2.74. The maximum absolute atomic E-state index is 2.47. The van der Waals surface area contributed by atoms with E-state index in [4.69, 9.17) is 0 Å². The lowest BCUT2D eigenvalue weighted by Crippen LogP contribution is -2.00. The molecule has 0 unspecified atom stereocenters. The SMILES string of the molecule is CCc1cc2c(cc1CC(C)C)Cc1ccccc1-2. The Hall–Kier alpha value is -1.56. The zero-order chi connectivity index (χ0) is 13.4. The Bertz CT molecular complexity index is 605. The molecule has 0 fully saturated rings. The van der Waals surface area contributed by atoms with Gasteiger partial charge in [-0.25, -0.2) is 0 Å². The van der Waals surface area contributed by atoms with Crippen molar-refractivity contribution < 1.29 is 0 Å². The van der Waals surface area contributed by atoms with Crippen LogP contribution in [0.1, 0.15) is 43.0 Å². The molecule has 0 heteroatoms. The van der Waals surface area contributed by atoms with Crippen molar-refractivity contribution in [2.45, 2.75) is 40.0 Å². The number of fused-ring (bicyclic) bond motifs is 3. The van der Waals surface area contributed by atoms with Crippen molar-refractivity contribution in [1.29, 1.82) is 0 Å². The normalized spacial score (nSPS) is 12.6. The molecular formula is C19H22. The van der Waals surface area contributed by atoms with E-state index < -0.39 is 0 Å². The molecule has 0 saturated heterocycles. The second kappa shape index (κ2) is 4.85. The van der Waals surface area contributed by atoms with Crippen LogP contribution < -0.4 is 0 Å². The molecule has 1 aliphatic carbocycles. The number of rotatable bonds is 3. The second-order valence-electron chi connectivity index (χ2n) is 6.06. The monoisotopic (exact) mass is 250 g/mol. The highest BCUT2D eigenvalue weighted by Gasteiger charge is 2.19. The third-order valence-corrected chi connectivity index (χ3v) is 4.12. The molecule has 0 bridgehead atoms. The van der Waals surface area contributed by atoms with E-state index in [0.29, 0.717) is 0 Å². The highest BCUT2D eigenvalue weighted by molar-refractivity contribution is 5.77. The molecule has 0 heterocycles. The van der Waals surface area contributed by atoms with E-state index in [-0.39, 0.29) is 0 Å². The van der Waals surface area contributed by atoms with Crippen LogP contribution in [-0.2, 0) is 19.3 Å². The van der Waals surface area contributed by atoms with Crippen LogP contribution in [0.3, 0.4) is 0 Å². The summed E-state index contributed by atoms with van der Waals surface area (Å²) in [6.07, 6.45) is 3.45. The van der Waals surface area contributed by atoms with Gasteiger partial charge in [0.25, 0.3) is 0 Å². The standard InChI is InChI=1S/C19H22/c1-4-14-12-19-17(11-16(14)9-13(2)3)10-15-7-5-6-8-18(15)19/h5-8,11-13H,4,9-10H2,1-3H3. The molecule has 0 radical (unpaired) electrons. The largest absolute Gasteiger partial charge is 0.0625 e. The molecule has 0 saturated carbocycles. The van der Waals surface area contributed by atoms with E-state index >= 15 is 0 Å². The van der Waals surface area contributed by atoms with Crippen molar-refractivity contribution in [3.63, 3.8) is 0 Å². The Morgan fingerprint density at radius 3 is 2.47 bits per heavy atom. The zero-order valence-corrected chi connectivity index (χ0v) is 12.2. The third-order valence-electron chi connectivity index (χ3n) is 4.12.